The van der Waals surface area contributed by atoms with Crippen LogP contribution in [0.2, 0.25) is 0 Å². The zero-order chi connectivity index (χ0) is 39.0. The fourth-order valence-corrected chi connectivity index (χ4v) is 6.96. The number of rotatable bonds is 10. The Morgan fingerprint density at radius 3 is 1.07 bits per heavy atom. The number of anilines is 4. The molecule has 0 bridgehead atoms. The zero-order valence-corrected chi connectivity index (χ0v) is 32.5. The van der Waals surface area contributed by atoms with Gasteiger partial charge in [-0.3, -0.25) is 0 Å². The van der Waals surface area contributed by atoms with E-state index in [4.69, 9.17) is 32.4 Å². The molecule has 6 nitrogen and oxygen atoms in total. The number of benzene rings is 7. The van der Waals surface area contributed by atoms with Crippen molar-refractivity contribution < 1.29 is 9.47 Å². The van der Waals surface area contributed by atoms with Crippen LogP contribution in [0.1, 0.15) is 49.9 Å². The summed E-state index contributed by atoms with van der Waals surface area (Å²) in [5.74, 6) is 2.99. The molecule has 0 aliphatic heterocycles. The first-order valence-corrected chi connectivity index (χ1v) is 18.9. The fourth-order valence-electron chi connectivity index (χ4n) is 6.15. The smallest absolute Gasteiger partial charge is 0.129 e. The molecule has 0 aliphatic rings. The molecular formula is C48H48N4O2S. The number of hydrogen-bond donors (Lipinski definition) is 4. The van der Waals surface area contributed by atoms with Crippen molar-refractivity contribution >= 4 is 34.5 Å². The van der Waals surface area contributed by atoms with Crippen LogP contribution in [0.4, 0.5) is 22.7 Å². The van der Waals surface area contributed by atoms with Gasteiger partial charge in [0.05, 0.1) is 0 Å². The summed E-state index contributed by atoms with van der Waals surface area (Å²) in [7, 11) is 0. The second-order valence-corrected chi connectivity index (χ2v) is 15.6. The van der Waals surface area contributed by atoms with Crippen LogP contribution in [0.15, 0.2) is 180 Å². The van der Waals surface area contributed by atoms with Crippen molar-refractivity contribution in [3.05, 3.63) is 192 Å². The Kier molecular flexibility index (Phi) is 11.7. The number of nitrogens with two attached hydrogens (primary N) is 4. The van der Waals surface area contributed by atoms with Gasteiger partial charge in [-0.1, -0.05) is 100 Å². The molecule has 7 aromatic rings. The lowest BCUT2D eigenvalue weighted by atomic mass is 9.73. The Bertz CT molecular complexity index is 2160. The van der Waals surface area contributed by atoms with Gasteiger partial charge < -0.3 is 32.4 Å². The molecule has 7 rings (SSSR count). The van der Waals surface area contributed by atoms with Gasteiger partial charge in [-0.05, 0) is 119 Å². The van der Waals surface area contributed by atoms with E-state index in [2.05, 4.69) is 76.2 Å². The molecule has 8 N–H and O–H groups in total. The maximum absolute atomic E-state index is 5.86. The fraction of sp³-hybridized carbons (Fsp3) is 0.125. The van der Waals surface area contributed by atoms with E-state index < -0.39 is 0 Å². The second kappa shape index (κ2) is 16.8. The van der Waals surface area contributed by atoms with Crippen LogP contribution in [0.5, 0.6) is 23.0 Å². The first-order chi connectivity index (χ1) is 26.3. The Morgan fingerprint density at radius 1 is 0.345 bits per heavy atom. The average molecular weight is 745 g/mol. The summed E-state index contributed by atoms with van der Waals surface area (Å²) in [6.07, 6.45) is 0. The molecule has 0 unspecified atom stereocenters. The van der Waals surface area contributed by atoms with Crippen molar-refractivity contribution in [1.29, 1.82) is 0 Å². The topological polar surface area (TPSA) is 123 Å². The molecule has 55 heavy (non-hydrogen) atoms. The van der Waals surface area contributed by atoms with E-state index in [1.165, 1.54) is 22.3 Å². The Labute approximate surface area is 329 Å². The highest BCUT2D eigenvalue weighted by molar-refractivity contribution is 7.99. The number of nitrogen functional groups attached to an aromatic ring is 4. The molecule has 7 aromatic carbocycles. The molecular weight excluding hydrogens is 697 g/mol. The van der Waals surface area contributed by atoms with Gasteiger partial charge >= 0.3 is 0 Å². The Balaban J connectivity index is 0.000000188. The van der Waals surface area contributed by atoms with E-state index in [-0.39, 0.29) is 10.8 Å². The van der Waals surface area contributed by atoms with Gasteiger partial charge in [0, 0.05) is 55.5 Å². The molecule has 0 saturated heterocycles. The minimum atomic E-state index is -0.0963. The maximum Gasteiger partial charge on any atom is 0.129 e. The molecule has 0 fully saturated rings. The largest absolute Gasteiger partial charge is 0.457 e. The standard InChI is InChI=1S/C24H20N2O2S.C24H28N2/c25-17-3-1-5-21(15-17)27-19-7-11-23(12-8-19)29-24-13-9-20(10-14-24)28-22-6-2-4-18(26)16-22;1-23(2,17-8-12-21(25)13-9-17)19-6-5-7-20(16-19)24(3,4)18-10-14-22(26)15-11-18/h1-16H,25-26H2;5-16H,25-26H2,1-4H3. The zero-order valence-electron chi connectivity index (χ0n) is 31.7. The lowest BCUT2D eigenvalue weighted by molar-refractivity contribution is 0.482. The van der Waals surface area contributed by atoms with Crippen LogP contribution in [-0.2, 0) is 10.8 Å². The molecule has 0 atom stereocenters. The van der Waals surface area contributed by atoms with Gasteiger partial charge in [0.25, 0.3) is 0 Å². The van der Waals surface area contributed by atoms with Gasteiger partial charge in [-0.25, -0.2) is 0 Å². The average Bonchev–Trinajstić information content (AvgIpc) is 3.17. The highest BCUT2D eigenvalue weighted by Crippen LogP contribution is 2.38. The first-order valence-electron chi connectivity index (χ1n) is 18.1. The maximum atomic E-state index is 5.86. The summed E-state index contributed by atoms with van der Waals surface area (Å²) < 4.78 is 11.7. The predicted molar refractivity (Wildman–Crippen MR) is 231 cm³/mol. The van der Waals surface area contributed by atoms with Crippen LogP contribution in [0.25, 0.3) is 0 Å². The molecule has 0 radical (unpaired) electrons. The third kappa shape index (κ3) is 10.0. The second-order valence-electron chi connectivity index (χ2n) is 14.5. The molecule has 0 aromatic heterocycles. The normalized spacial score (nSPS) is 11.3. The van der Waals surface area contributed by atoms with E-state index in [9.17, 15) is 0 Å². The van der Waals surface area contributed by atoms with E-state index in [1.807, 2.05) is 109 Å². The predicted octanol–water partition coefficient (Wildman–Crippen LogP) is 12.1. The Hall–Kier alpha value is -6.31. The van der Waals surface area contributed by atoms with E-state index in [0.29, 0.717) is 11.4 Å². The summed E-state index contributed by atoms with van der Waals surface area (Å²) in [6, 6.07) is 55.9. The lowest BCUT2D eigenvalue weighted by Gasteiger charge is -2.31. The summed E-state index contributed by atoms with van der Waals surface area (Å²) in [5, 5.41) is 0. The van der Waals surface area contributed by atoms with Crippen LogP contribution in [0, 0.1) is 0 Å². The van der Waals surface area contributed by atoms with Gasteiger partial charge in [-0.15, -0.1) is 0 Å². The number of ether oxygens (including phenoxy) is 2. The first kappa shape index (κ1) is 38.4. The van der Waals surface area contributed by atoms with Gasteiger partial charge in [-0.2, -0.15) is 0 Å². The van der Waals surface area contributed by atoms with Crippen molar-refractivity contribution in [2.24, 2.45) is 0 Å². The minimum Gasteiger partial charge on any atom is -0.457 e. The van der Waals surface area contributed by atoms with Crippen molar-refractivity contribution in [3.63, 3.8) is 0 Å². The van der Waals surface area contributed by atoms with Crippen LogP contribution in [-0.4, -0.2) is 0 Å². The highest BCUT2D eigenvalue weighted by Gasteiger charge is 2.27. The van der Waals surface area contributed by atoms with E-state index in [0.717, 1.165) is 44.2 Å². The molecule has 0 spiro atoms. The highest BCUT2D eigenvalue weighted by atomic mass is 32.2. The van der Waals surface area contributed by atoms with Crippen LogP contribution >= 0.6 is 11.8 Å². The van der Waals surface area contributed by atoms with Crippen LogP contribution < -0.4 is 32.4 Å². The van der Waals surface area contributed by atoms with Gasteiger partial charge in [0.1, 0.15) is 23.0 Å². The van der Waals surface area contributed by atoms with Gasteiger partial charge in [0.2, 0.25) is 0 Å². The molecule has 0 aliphatic carbocycles. The summed E-state index contributed by atoms with van der Waals surface area (Å²) >= 11 is 1.67. The summed E-state index contributed by atoms with van der Waals surface area (Å²) in [4.78, 5) is 2.24. The molecule has 7 heteroatoms. The molecule has 0 heterocycles. The minimum absolute atomic E-state index is 0.0963. The number of hydrogen-bond acceptors (Lipinski definition) is 7. The van der Waals surface area contributed by atoms with Crippen LogP contribution in [0.3, 0.4) is 0 Å². The van der Waals surface area contributed by atoms with Crippen molar-refractivity contribution in [2.45, 2.75) is 48.3 Å². The van der Waals surface area contributed by atoms with E-state index >= 15 is 0 Å². The molecule has 278 valence electrons. The molecule has 0 amide bonds. The molecule has 0 saturated carbocycles. The van der Waals surface area contributed by atoms with Gasteiger partial charge in [0.15, 0.2) is 0 Å². The van der Waals surface area contributed by atoms with Crippen molar-refractivity contribution in [3.8, 4) is 23.0 Å². The Morgan fingerprint density at radius 2 is 0.709 bits per heavy atom. The van der Waals surface area contributed by atoms with E-state index in [1.54, 1.807) is 23.9 Å². The lowest BCUT2D eigenvalue weighted by Crippen LogP contribution is -2.23. The summed E-state index contributed by atoms with van der Waals surface area (Å²) in [6.45, 7) is 9.03. The van der Waals surface area contributed by atoms with Crippen molar-refractivity contribution in [2.75, 3.05) is 22.9 Å². The quantitative estimate of drug-likeness (QED) is 0.103. The third-order valence-corrected chi connectivity index (χ3v) is 10.7. The van der Waals surface area contributed by atoms with Crippen molar-refractivity contribution in [1.82, 2.24) is 0 Å². The SMILES string of the molecule is CC(C)(c1ccc(N)cc1)c1cccc(C(C)(C)c2ccc(N)cc2)c1.Nc1cccc(Oc2ccc(Sc3ccc(Oc4cccc(N)c4)cc3)cc2)c1. The summed E-state index contributed by atoms with van der Waals surface area (Å²) in [5.41, 5.74) is 31.1. The monoisotopic (exact) mass is 744 g/mol. The third-order valence-electron chi connectivity index (χ3n) is 9.64.